The van der Waals surface area contributed by atoms with Crippen molar-refractivity contribution >= 4 is 11.9 Å². The van der Waals surface area contributed by atoms with Crippen LogP contribution in [0.3, 0.4) is 0 Å². The molecule has 0 heterocycles. The third kappa shape index (κ3) is 3.66. The van der Waals surface area contributed by atoms with Crippen LogP contribution in [0.4, 0.5) is 0 Å². The summed E-state index contributed by atoms with van der Waals surface area (Å²) in [7, 11) is 0. The van der Waals surface area contributed by atoms with Crippen molar-refractivity contribution in [2.45, 2.75) is 25.7 Å². The van der Waals surface area contributed by atoms with E-state index in [2.05, 4.69) is 24.3 Å². The quantitative estimate of drug-likeness (QED) is 0.384. The first-order chi connectivity index (χ1) is 12.2. The second kappa shape index (κ2) is 7.32. The van der Waals surface area contributed by atoms with E-state index in [1.54, 1.807) is 0 Å². The highest BCUT2D eigenvalue weighted by atomic mass is 16.6. The molecule has 0 N–H and O–H groups in total. The molecule has 4 bridgehead atoms. The van der Waals surface area contributed by atoms with Crippen molar-refractivity contribution in [2.75, 3.05) is 26.4 Å². The van der Waals surface area contributed by atoms with Gasteiger partial charge in [-0.3, -0.25) is 9.59 Å². The van der Waals surface area contributed by atoms with Crippen LogP contribution in [0.15, 0.2) is 24.3 Å². The standard InChI is InChI=1S/C20H26O5/c21-19(17-11-13-1-3-15(17)9-13)24-7-5-23-6-8-25-20(22)18-12-14-2-4-16(18)10-14/h1-4,13-18H,5-12H2. The lowest BCUT2D eigenvalue weighted by molar-refractivity contribution is -0.152. The fourth-order valence-corrected chi connectivity index (χ4v) is 4.82. The van der Waals surface area contributed by atoms with Crippen molar-refractivity contribution < 1.29 is 23.8 Å². The van der Waals surface area contributed by atoms with E-state index < -0.39 is 0 Å². The minimum absolute atomic E-state index is 0.0340. The van der Waals surface area contributed by atoms with Gasteiger partial charge in [-0.05, 0) is 49.4 Å². The maximum Gasteiger partial charge on any atom is 0.309 e. The largest absolute Gasteiger partial charge is 0.463 e. The first-order valence-electron chi connectivity index (χ1n) is 9.48. The summed E-state index contributed by atoms with van der Waals surface area (Å²) in [6.45, 7) is 1.22. The van der Waals surface area contributed by atoms with Crippen LogP contribution < -0.4 is 0 Å². The Morgan fingerprint density at radius 3 is 1.52 bits per heavy atom. The lowest BCUT2D eigenvalue weighted by Crippen LogP contribution is -2.24. The average Bonchev–Trinajstić information content (AvgIpc) is 3.40. The maximum atomic E-state index is 12.0. The van der Waals surface area contributed by atoms with Crippen molar-refractivity contribution in [3.05, 3.63) is 24.3 Å². The van der Waals surface area contributed by atoms with Crippen LogP contribution in [-0.2, 0) is 23.8 Å². The van der Waals surface area contributed by atoms with E-state index in [4.69, 9.17) is 14.2 Å². The maximum absolute atomic E-state index is 12.0. The molecule has 6 atom stereocenters. The summed E-state index contributed by atoms with van der Waals surface area (Å²) < 4.78 is 16.0. The molecule has 0 aromatic rings. The van der Waals surface area contributed by atoms with Gasteiger partial charge in [-0.1, -0.05) is 24.3 Å². The Hall–Kier alpha value is -1.62. The molecule has 0 aromatic carbocycles. The number of esters is 2. The number of ether oxygens (including phenoxy) is 3. The van der Waals surface area contributed by atoms with Crippen molar-refractivity contribution in [3.63, 3.8) is 0 Å². The molecule has 136 valence electrons. The van der Waals surface area contributed by atoms with E-state index in [-0.39, 0.29) is 37.0 Å². The van der Waals surface area contributed by atoms with E-state index in [9.17, 15) is 9.59 Å². The summed E-state index contributed by atoms with van der Waals surface area (Å²) in [4.78, 5) is 24.1. The number of carbonyl (C=O) groups excluding carboxylic acids is 2. The van der Waals surface area contributed by atoms with Crippen LogP contribution in [0.2, 0.25) is 0 Å². The molecule has 6 unspecified atom stereocenters. The summed E-state index contributed by atoms with van der Waals surface area (Å²) >= 11 is 0. The second-order valence-electron chi connectivity index (χ2n) is 7.72. The van der Waals surface area contributed by atoms with Gasteiger partial charge in [-0.2, -0.15) is 0 Å². The van der Waals surface area contributed by atoms with Crippen LogP contribution in [0.25, 0.3) is 0 Å². The van der Waals surface area contributed by atoms with Gasteiger partial charge in [0.05, 0.1) is 25.0 Å². The lowest BCUT2D eigenvalue weighted by Gasteiger charge is -2.17. The molecule has 0 amide bonds. The van der Waals surface area contributed by atoms with Crippen molar-refractivity contribution in [1.82, 2.24) is 0 Å². The third-order valence-electron chi connectivity index (χ3n) is 6.11. The van der Waals surface area contributed by atoms with Crippen LogP contribution in [0.1, 0.15) is 25.7 Å². The Labute approximate surface area is 148 Å². The smallest absolute Gasteiger partial charge is 0.309 e. The monoisotopic (exact) mass is 346 g/mol. The Bertz CT molecular complexity index is 531. The Kier molecular flexibility index (Phi) is 4.93. The molecule has 2 fully saturated rings. The van der Waals surface area contributed by atoms with E-state index in [0.29, 0.717) is 36.9 Å². The molecular weight excluding hydrogens is 320 g/mol. The molecule has 2 saturated carbocycles. The van der Waals surface area contributed by atoms with Gasteiger partial charge in [0.2, 0.25) is 0 Å². The van der Waals surface area contributed by atoms with E-state index in [0.717, 1.165) is 25.7 Å². The lowest BCUT2D eigenvalue weighted by atomic mass is 9.94. The third-order valence-corrected chi connectivity index (χ3v) is 6.11. The Balaban J connectivity index is 1.04. The number of allylic oxidation sites excluding steroid dienone is 4. The normalized spacial score (nSPS) is 37.0. The molecule has 0 saturated heterocycles. The molecule has 5 heteroatoms. The van der Waals surface area contributed by atoms with Gasteiger partial charge in [-0.15, -0.1) is 0 Å². The van der Waals surface area contributed by atoms with Gasteiger partial charge in [-0.25, -0.2) is 0 Å². The highest BCUT2D eigenvalue weighted by Crippen LogP contribution is 2.44. The molecule has 5 nitrogen and oxygen atoms in total. The summed E-state index contributed by atoms with van der Waals surface area (Å²) in [6.07, 6.45) is 12.8. The van der Waals surface area contributed by atoms with Gasteiger partial charge < -0.3 is 14.2 Å². The fraction of sp³-hybridized carbons (Fsp3) is 0.700. The zero-order valence-electron chi connectivity index (χ0n) is 14.5. The van der Waals surface area contributed by atoms with Gasteiger partial charge in [0.1, 0.15) is 13.2 Å². The van der Waals surface area contributed by atoms with Crippen LogP contribution >= 0.6 is 0 Å². The fourth-order valence-electron chi connectivity index (χ4n) is 4.82. The van der Waals surface area contributed by atoms with Crippen molar-refractivity contribution in [2.24, 2.45) is 35.5 Å². The van der Waals surface area contributed by atoms with Gasteiger partial charge >= 0.3 is 11.9 Å². The highest BCUT2D eigenvalue weighted by Gasteiger charge is 2.41. The molecule has 0 radical (unpaired) electrons. The summed E-state index contributed by atoms with van der Waals surface area (Å²) in [5.74, 6) is 1.75. The van der Waals surface area contributed by atoms with Gasteiger partial charge in [0, 0.05) is 0 Å². The van der Waals surface area contributed by atoms with Crippen LogP contribution in [0, 0.1) is 35.5 Å². The van der Waals surface area contributed by atoms with Crippen LogP contribution in [0.5, 0.6) is 0 Å². The number of rotatable bonds is 8. The topological polar surface area (TPSA) is 61.8 Å². The SMILES string of the molecule is O=C(OCCOCCOC(=O)C1CC2C=CC1C2)C1CC2C=CC1C2. The van der Waals surface area contributed by atoms with Crippen LogP contribution in [-0.4, -0.2) is 38.4 Å². The molecule has 4 aliphatic rings. The molecule has 0 aromatic heterocycles. The minimum Gasteiger partial charge on any atom is -0.463 e. The molecule has 4 aliphatic carbocycles. The zero-order valence-corrected chi connectivity index (χ0v) is 14.5. The molecular formula is C20H26O5. The average molecular weight is 346 g/mol. The number of fused-ring (bicyclic) bond motifs is 4. The highest BCUT2D eigenvalue weighted by molar-refractivity contribution is 5.74. The Morgan fingerprint density at radius 2 is 1.16 bits per heavy atom. The Morgan fingerprint density at radius 1 is 0.680 bits per heavy atom. The van der Waals surface area contributed by atoms with Gasteiger partial charge in [0.25, 0.3) is 0 Å². The molecule has 4 rings (SSSR count). The van der Waals surface area contributed by atoms with Crippen molar-refractivity contribution in [1.29, 1.82) is 0 Å². The summed E-state index contributed by atoms with van der Waals surface area (Å²) in [5.41, 5.74) is 0. The first-order valence-corrected chi connectivity index (χ1v) is 9.48. The minimum atomic E-state index is -0.101. The summed E-state index contributed by atoms with van der Waals surface area (Å²) in [5, 5.41) is 0. The zero-order chi connectivity index (χ0) is 17.2. The molecule has 0 aliphatic heterocycles. The summed E-state index contributed by atoms with van der Waals surface area (Å²) in [6, 6.07) is 0. The predicted molar refractivity (Wildman–Crippen MR) is 90.4 cm³/mol. The number of carbonyl (C=O) groups is 2. The van der Waals surface area contributed by atoms with E-state index in [1.165, 1.54) is 0 Å². The predicted octanol–water partition coefficient (Wildman–Crippen LogP) is 2.51. The molecule has 25 heavy (non-hydrogen) atoms. The number of hydrogen-bond acceptors (Lipinski definition) is 5. The van der Waals surface area contributed by atoms with E-state index >= 15 is 0 Å². The van der Waals surface area contributed by atoms with Crippen molar-refractivity contribution in [3.8, 4) is 0 Å². The van der Waals surface area contributed by atoms with Gasteiger partial charge in [0.15, 0.2) is 0 Å². The molecule has 0 spiro atoms. The first kappa shape index (κ1) is 16.8. The second-order valence-corrected chi connectivity index (χ2v) is 7.72. The number of hydrogen-bond donors (Lipinski definition) is 0. The van der Waals surface area contributed by atoms with E-state index in [1.807, 2.05) is 0 Å².